The second-order valence-electron chi connectivity index (χ2n) is 4.05. The molecule has 0 aliphatic carbocycles. The normalized spacial score (nSPS) is 10.7. The molecule has 0 amide bonds. The highest BCUT2D eigenvalue weighted by Crippen LogP contribution is 2.25. The first-order valence-corrected chi connectivity index (χ1v) is 6.20. The fourth-order valence-electron chi connectivity index (χ4n) is 1.28. The van der Waals surface area contributed by atoms with Crippen molar-refractivity contribution in [2.24, 2.45) is 5.92 Å². The minimum Gasteiger partial charge on any atom is -0.360 e. The molecule has 0 fully saturated rings. The first kappa shape index (κ1) is 11.1. The molecule has 0 unspecified atom stereocenters. The zero-order chi connectivity index (χ0) is 11.4. The zero-order valence-corrected chi connectivity index (χ0v) is 10.3. The fourth-order valence-corrected chi connectivity index (χ4v) is 2.04. The Morgan fingerprint density at radius 3 is 2.62 bits per heavy atom. The van der Waals surface area contributed by atoms with Crippen molar-refractivity contribution >= 4 is 16.5 Å². The molecule has 0 saturated carbocycles. The van der Waals surface area contributed by atoms with Crippen LogP contribution in [0.4, 0.5) is 5.13 Å². The van der Waals surface area contributed by atoms with Gasteiger partial charge in [-0.3, -0.25) is 0 Å². The summed E-state index contributed by atoms with van der Waals surface area (Å²) in [6.07, 6.45) is 0. The maximum atomic E-state index is 4.17. The number of nitrogens with one attached hydrogen (secondary N) is 1. The first-order chi connectivity index (χ1) is 7.75. The Labute approximate surface area is 99.5 Å². The molecule has 0 aliphatic rings. The monoisotopic (exact) mass is 233 g/mol. The summed E-state index contributed by atoms with van der Waals surface area (Å²) in [5.74, 6) is 0.615. The van der Waals surface area contributed by atoms with E-state index in [0.29, 0.717) is 5.92 Å². The predicted octanol–water partition coefficient (Wildman–Crippen LogP) is 3.27. The average Bonchev–Trinajstić information content (AvgIpc) is 2.76. The number of rotatable bonds is 4. The minimum absolute atomic E-state index is 0.615. The molecule has 4 heteroatoms. The van der Waals surface area contributed by atoms with E-state index < -0.39 is 0 Å². The van der Waals surface area contributed by atoms with Crippen molar-refractivity contribution in [1.82, 2.24) is 10.2 Å². The van der Waals surface area contributed by atoms with Crippen LogP contribution in [0.5, 0.6) is 0 Å². The molecule has 2 rings (SSSR count). The number of hydrogen-bond donors (Lipinski definition) is 1. The Kier molecular flexibility index (Phi) is 3.51. The Morgan fingerprint density at radius 2 is 1.94 bits per heavy atom. The summed E-state index contributed by atoms with van der Waals surface area (Å²) in [6, 6.07) is 10.1. The molecular formula is C12H15N3S. The third kappa shape index (κ3) is 2.79. The summed E-state index contributed by atoms with van der Waals surface area (Å²) in [6.45, 7) is 5.28. The van der Waals surface area contributed by atoms with Gasteiger partial charge in [0.1, 0.15) is 5.01 Å². The quantitative estimate of drug-likeness (QED) is 0.880. The van der Waals surface area contributed by atoms with E-state index in [1.807, 2.05) is 30.3 Å². The van der Waals surface area contributed by atoms with E-state index in [0.717, 1.165) is 22.2 Å². The first-order valence-electron chi connectivity index (χ1n) is 5.38. The third-order valence-electron chi connectivity index (χ3n) is 2.11. The van der Waals surface area contributed by atoms with Crippen LogP contribution in [-0.2, 0) is 0 Å². The number of nitrogens with zero attached hydrogens (tertiary/aromatic N) is 2. The molecule has 1 heterocycles. The molecule has 0 saturated heterocycles. The summed E-state index contributed by atoms with van der Waals surface area (Å²) in [5.41, 5.74) is 1.12. The number of hydrogen-bond acceptors (Lipinski definition) is 4. The second kappa shape index (κ2) is 5.07. The van der Waals surface area contributed by atoms with Crippen molar-refractivity contribution in [2.45, 2.75) is 13.8 Å². The van der Waals surface area contributed by atoms with Crippen molar-refractivity contribution in [3.63, 3.8) is 0 Å². The van der Waals surface area contributed by atoms with Crippen LogP contribution in [0.25, 0.3) is 10.6 Å². The van der Waals surface area contributed by atoms with Gasteiger partial charge >= 0.3 is 0 Å². The van der Waals surface area contributed by atoms with E-state index in [2.05, 4.69) is 29.4 Å². The van der Waals surface area contributed by atoms with Crippen molar-refractivity contribution in [3.8, 4) is 10.6 Å². The fraction of sp³-hybridized carbons (Fsp3) is 0.333. The van der Waals surface area contributed by atoms with Gasteiger partial charge in [-0.2, -0.15) is 0 Å². The number of benzene rings is 1. The molecule has 1 aromatic heterocycles. The zero-order valence-electron chi connectivity index (χ0n) is 9.47. The molecule has 2 aromatic rings. The van der Waals surface area contributed by atoms with E-state index in [-0.39, 0.29) is 0 Å². The lowest BCUT2D eigenvalue weighted by Crippen LogP contribution is -2.07. The van der Waals surface area contributed by atoms with Gasteiger partial charge in [-0.15, -0.1) is 10.2 Å². The summed E-state index contributed by atoms with van der Waals surface area (Å²) in [7, 11) is 0. The lowest BCUT2D eigenvalue weighted by atomic mass is 10.2. The summed E-state index contributed by atoms with van der Waals surface area (Å²) >= 11 is 1.59. The molecule has 3 nitrogen and oxygen atoms in total. The second-order valence-corrected chi connectivity index (χ2v) is 5.03. The van der Waals surface area contributed by atoms with E-state index in [1.54, 1.807) is 11.3 Å². The summed E-state index contributed by atoms with van der Waals surface area (Å²) in [5, 5.41) is 13.4. The highest BCUT2D eigenvalue weighted by Gasteiger charge is 2.05. The lowest BCUT2D eigenvalue weighted by Gasteiger charge is -2.03. The van der Waals surface area contributed by atoms with E-state index >= 15 is 0 Å². The highest BCUT2D eigenvalue weighted by atomic mass is 32.1. The van der Waals surface area contributed by atoms with E-state index in [4.69, 9.17) is 0 Å². The molecule has 0 radical (unpaired) electrons. The number of anilines is 1. The predicted molar refractivity (Wildman–Crippen MR) is 68.7 cm³/mol. The standard InChI is InChI=1S/C12H15N3S/c1-9(2)8-13-12-15-14-11(16-12)10-6-4-3-5-7-10/h3-7,9H,8H2,1-2H3,(H,13,15). The lowest BCUT2D eigenvalue weighted by molar-refractivity contribution is 0.687. The van der Waals surface area contributed by atoms with Gasteiger partial charge in [-0.1, -0.05) is 55.5 Å². The van der Waals surface area contributed by atoms with Crippen LogP contribution in [0.2, 0.25) is 0 Å². The highest BCUT2D eigenvalue weighted by molar-refractivity contribution is 7.18. The van der Waals surface area contributed by atoms with E-state index in [1.165, 1.54) is 0 Å². The number of aromatic nitrogens is 2. The van der Waals surface area contributed by atoms with Crippen LogP contribution in [0, 0.1) is 5.92 Å². The van der Waals surface area contributed by atoms with Crippen molar-refractivity contribution in [2.75, 3.05) is 11.9 Å². The van der Waals surface area contributed by atoms with Gasteiger partial charge in [0.15, 0.2) is 0 Å². The summed E-state index contributed by atoms with van der Waals surface area (Å²) in [4.78, 5) is 0. The van der Waals surface area contributed by atoms with Crippen molar-refractivity contribution < 1.29 is 0 Å². The Morgan fingerprint density at radius 1 is 1.19 bits per heavy atom. The van der Waals surface area contributed by atoms with Gasteiger partial charge in [0.25, 0.3) is 0 Å². The SMILES string of the molecule is CC(C)CNc1nnc(-c2ccccc2)s1. The van der Waals surface area contributed by atoms with Gasteiger partial charge in [-0.25, -0.2) is 0 Å². The maximum absolute atomic E-state index is 4.17. The topological polar surface area (TPSA) is 37.8 Å². The third-order valence-corrected chi connectivity index (χ3v) is 3.04. The Balaban J connectivity index is 2.08. The molecule has 1 N–H and O–H groups in total. The van der Waals surface area contributed by atoms with Crippen LogP contribution in [0.3, 0.4) is 0 Å². The van der Waals surface area contributed by atoms with Crippen LogP contribution in [-0.4, -0.2) is 16.7 Å². The Bertz CT molecular complexity index is 437. The smallest absolute Gasteiger partial charge is 0.206 e. The molecule has 16 heavy (non-hydrogen) atoms. The van der Waals surface area contributed by atoms with Gasteiger partial charge in [0.2, 0.25) is 5.13 Å². The van der Waals surface area contributed by atoms with Crippen LogP contribution in [0.1, 0.15) is 13.8 Å². The molecule has 84 valence electrons. The van der Waals surface area contributed by atoms with Crippen LogP contribution >= 0.6 is 11.3 Å². The molecule has 0 spiro atoms. The van der Waals surface area contributed by atoms with Gasteiger partial charge in [0.05, 0.1) is 0 Å². The minimum atomic E-state index is 0.615. The van der Waals surface area contributed by atoms with Crippen LogP contribution < -0.4 is 5.32 Å². The molecule has 0 bridgehead atoms. The molecular weight excluding hydrogens is 218 g/mol. The van der Waals surface area contributed by atoms with Crippen molar-refractivity contribution in [1.29, 1.82) is 0 Å². The van der Waals surface area contributed by atoms with Gasteiger partial charge < -0.3 is 5.32 Å². The van der Waals surface area contributed by atoms with Gasteiger partial charge in [0, 0.05) is 12.1 Å². The Hall–Kier alpha value is -1.42. The average molecular weight is 233 g/mol. The maximum Gasteiger partial charge on any atom is 0.206 e. The molecule has 0 atom stereocenters. The van der Waals surface area contributed by atoms with E-state index in [9.17, 15) is 0 Å². The van der Waals surface area contributed by atoms with Crippen LogP contribution in [0.15, 0.2) is 30.3 Å². The van der Waals surface area contributed by atoms with Gasteiger partial charge in [-0.05, 0) is 5.92 Å². The molecule has 1 aromatic carbocycles. The van der Waals surface area contributed by atoms with Crippen molar-refractivity contribution in [3.05, 3.63) is 30.3 Å². The molecule has 0 aliphatic heterocycles. The largest absolute Gasteiger partial charge is 0.360 e. The summed E-state index contributed by atoms with van der Waals surface area (Å²) < 4.78 is 0.